The maximum absolute atomic E-state index is 13.5. The van der Waals surface area contributed by atoms with Crippen LogP contribution in [0.15, 0.2) is 41.7 Å². The molecule has 1 heterocycles. The minimum absolute atomic E-state index is 0.0470. The van der Waals surface area contributed by atoms with Gasteiger partial charge in [-0.3, -0.25) is 0 Å². The standard InChI is InChI=1S/C16H15F4NO4/c1-24-14(22)9-6-21-7-10(15(23)25-2)13(9)8-3-4-12(17)11(5-8)16(18,19)20/h3-7,13-14,21-22H,1-2H3. The summed E-state index contributed by atoms with van der Waals surface area (Å²) in [5.41, 5.74) is -1.51. The van der Waals surface area contributed by atoms with Crippen molar-refractivity contribution in [2.45, 2.75) is 18.4 Å². The van der Waals surface area contributed by atoms with E-state index in [1.54, 1.807) is 0 Å². The van der Waals surface area contributed by atoms with Gasteiger partial charge in [-0.1, -0.05) is 6.07 Å². The van der Waals surface area contributed by atoms with Crippen molar-refractivity contribution < 1.29 is 36.9 Å². The van der Waals surface area contributed by atoms with Gasteiger partial charge < -0.3 is 19.9 Å². The van der Waals surface area contributed by atoms with Crippen LogP contribution in [0.2, 0.25) is 0 Å². The predicted octanol–water partition coefficient (Wildman–Crippen LogP) is 2.44. The number of benzene rings is 1. The van der Waals surface area contributed by atoms with Crippen molar-refractivity contribution in [3.8, 4) is 0 Å². The minimum Gasteiger partial charge on any atom is -0.466 e. The third-order valence-corrected chi connectivity index (χ3v) is 3.69. The number of carbonyl (C=O) groups excluding carboxylic acids is 1. The van der Waals surface area contributed by atoms with Gasteiger partial charge in [0.25, 0.3) is 0 Å². The van der Waals surface area contributed by atoms with Crippen molar-refractivity contribution in [1.82, 2.24) is 5.32 Å². The number of hydrogen-bond acceptors (Lipinski definition) is 5. The number of rotatable bonds is 4. The molecule has 1 aliphatic heterocycles. The molecule has 0 saturated carbocycles. The van der Waals surface area contributed by atoms with E-state index in [-0.39, 0.29) is 16.7 Å². The second kappa shape index (κ2) is 7.24. The van der Waals surface area contributed by atoms with Crippen LogP contribution in [0, 0.1) is 5.82 Å². The fourth-order valence-electron chi connectivity index (χ4n) is 2.53. The van der Waals surface area contributed by atoms with Crippen LogP contribution in [0.1, 0.15) is 17.0 Å². The molecule has 0 amide bonds. The highest BCUT2D eigenvalue weighted by Crippen LogP contribution is 2.39. The number of esters is 1. The minimum atomic E-state index is -4.91. The fraction of sp³-hybridized carbons (Fsp3) is 0.312. The lowest BCUT2D eigenvalue weighted by Gasteiger charge is -2.28. The van der Waals surface area contributed by atoms with E-state index in [2.05, 4.69) is 10.1 Å². The zero-order valence-electron chi connectivity index (χ0n) is 13.2. The summed E-state index contributed by atoms with van der Waals surface area (Å²) in [7, 11) is 2.29. The van der Waals surface area contributed by atoms with Gasteiger partial charge in [0.2, 0.25) is 0 Å². The lowest BCUT2D eigenvalue weighted by Crippen LogP contribution is -2.29. The zero-order valence-corrected chi connectivity index (χ0v) is 13.2. The average Bonchev–Trinajstić information content (AvgIpc) is 2.59. The highest BCUT2D eigenvalue weighted by atomic mass is 19.4. The molecule has 1 aliphatic rings. The van der Waals surface area contributed by atoms with Crippen LogP contribution in [-0.2, 0) is 20.4 Å². The average molecular weight is 361 g/mol. The van der Waals surface area contributed by atoms with E-state index < -0.39 is 35.7 Å². The highest BCUT2D eigenvalue weighted by molar-refractivity contribution is 5.91. The van der Waals surface area contributed by atoms with Crippen molar-refractivity contribution >= 4 is 5.97 Å². The molecule has 9 heteroatoms. The molecule has 2 N–H and O–H groups in total. The Balaban J connectivity index is 2.60. The van der Waals surface area contributed by atoms with Gasteiger partial charge in [0.15, 0.2) is 6.29 Å². The van der Waals surface area contributed by atoms with Gasteiger partial charge in [0, 0.05) is 31.0 Å². The Hall–Kier alpha value is -2.39. The first kappa shape index (κ1) is 18.9. The summed E-state index contributed by atoms with van der Waals surface area (Å²) < 4.78 is 62.0. The van der Waals surface area contributed by atoms with E-state index in [1.165, 1.54) is 19.5 Å². The number of carbonyl (C=O) groups is 1. The summed E-state index contributed by atoms with van der Waals surface area (Å²) in [6, 6.07) is 2.36. The lowest BCUT2D eigenvalue weighted by atomic mass is 9.82. The normalized spacial score (nSPS) is 18.8. The molecule has 2 unspecified atom stereocenters. The number of ether oxygens (including phenoxy) is 2. The SMILES string of the molecule is COC(=O)C1=CNC=C(C(O)OC)C1c1ccc(F)c(C(F)(F)F)c1. The largest absolute Gasteiger partial charge is 0.466 e. The van der Waals surface area contributed by atoms with Gasteiger partial charge in [-0.2, -0.15) is 13.2 Å². The first-order chi connectivity index (χ1) is 11.7. The van der Waals surface area contributed by atoms with E-state index in [1.807, 2.05) is 0 Å². The van der Waals surface area contributed by atoms with Crippen LogP contribution in [0.5, 0.6) is 0 Å². The molecule has 0 radical (unpaired) electrons. The predicted molar refractivity (Wildman–Crippen MR) is 78.5 cm³/mol. The Labute approximate surface area is 140 Å². The van der Waals surface area contributed by atoms with Crippen molar-refractivity contribution in [3.63, 3.8) is 0 Å². The molecule has 1 aromatic carbocycles. The van der Waals surface area contributed by atoms with Gasteiger partial charge in [-0.05, 0) is 17.7 Å². The Morgan fingerprint density at radius 1 is 1.28 bits per heavy atom. The molecular formula is C16H15F4NO4. The number of nitrogens with one attached hydrogen (secondary N) is 1. The summed E-state index contributed by atoms with van der Waals surface area (Å²) in [5, 5.41) is 12.6. The molecule has 5 nitrogen and oxygen atoms in total. The van der Waals surface area contributed by atoms with Crippen LogP contribution in [-0.4, -0.2) is 31.6 Å². The Morgan fingerprint density at radius 2 is 1.96 bits per heavy atom. The van der Waals surface area contributed by atoms with Gasteiger partial charge in [-0.25, -0.2) is 9.18 Å². The molecule has 25 heavy (non-hydrogen) atoms. The third kappa shape index (κ3) is 3.83. The molecule has 0 spiro atoms. The number of hydrogen-bond donors (Lipinski definition) is 2. The summed E-state index contributed by atoms with van der Waals surface area (Å²) in [6.07, 6.45) is -3.88. The van der Waals surface area contributed by atoms with E-state index >= 15 is 0 Å². The number of dihydropyridines is 1. The maximum Gasteiger partial charge on any atom is 0.419 e. The number of aliphatic hydroxyl groups is 1. The summed E-state index contributed by atoms with van der Waals surface area (Å²) in [5.74, 6) is -3.36. The molecule has 0 aliphatic carbocycles. The topological polar surface area (TPSA) is 67.8 Å². The van der Waals surface area contributed by atoms with Crippen molar-refractivity contribution in [2.75, 3.05) is 14.2 Å². The van der Waals surface area contributed by atoms with Gasteiger partial charge >= 0.3 is 12.1 Å². The van der Waals surface area contributed by atoms with Gasteiger partial charge in [0.05, 0.1) is 18.2 Å². The van der Waals surface area contributed by atoms with E-state index in [0.29, 0.717) is 12.1 Å². The molecule has 0 bridgehead atoms. The number of halogens is 4. The molecule has 1 aromatic rings. The molecule has 0 saturated heterocycles. The number of alkyl halides is 3. The monoisotopic (exact) mass is 361 g/mol. The summed E-state index contributed by atoms with van der Waals surface area (Å²) in [4.78, 5) is 12.0. The summed E-state index contributed by atoms with van der Waals surface area (Å²) in [6.45, 7) is 0. The molecule has 0 fully saturated rings. The first-order valence-corrected chi connectivity index (χ1v) is 7.02. The lowest BCUT2D eigenvalue weighted by molar-refractivity contribution is -0.140. The van der Waals surface area contributed by atoms with E-state index in [0.717, 1.165) is 13.2 Å². The van der Waals surface area contributed by atoms with Crippen LogP contribution in [0.3, 0.4) is 0 Å². The van der Waals surface area contributed by atoms with Crippen LogP contribution in [0.25, 0.3) is 0 Å². The van der Waals surface area contributed by atoms with Gasteiger partial charge in [-0.15, -0.1) is 0 Å². The third-order valence-electron chi connectivity index (χ3n) is 3.69. The van der Waals surface area contributed by atoms with Crippen molar-refractivity contribution in [2.24, 2.45) is 0 Å². The molecular weight excluding hydrogens is 346 g/mol. The quantitative estimate of drug-likeness (QED) is 0.490. The van der Waals surface area contributed by atoms with Gasteiger partial charge in [0.1, 0.15) is 5.82 Å². The zero-order chi connectivity index (χ0) is 18.8. The van der Waals surface area contributed by atoms with Crippen molar-refractivity contribution in [3.05, 3.63) is 58.7 Å². The molecule has 2 atom stereocenters. The Bertz CT molecular complexity index is 727. The van der Waals surface area contributed by atoms with Crippen LogP contribution < -0.4 is 5.32 Å². The van der Waals surface area contributed by atoms with Crippen molar-refractivity contribution in [1.29, 1.82) is 0 Å². The highest BCUT2D eigenvalue weighted by Gasteiger charge is 2.37. The second-order valence-electron chi connectivity index (χ2n) is 5.16. The van der Waals surface area contributed by atoms with Crippen LogP contribution in [0.4, 0.5) is 17.6 Å². The first-order valence-electron chi connectivity index (χ1n) is 7.02. The fourth-order valence-corrected chi connectivity index (χ4v) is 2.53. The van der Waals surface area contributed by atoms with Crippen LogP contribution >= 0.6 is 0 Å². The maximum atomic E-state index is 13.5. The smallest absolute Gasteiger partial charge is 0.419 e. The summed E-state index contributed by atoms with van der Waals surface area (Å²) >= 11 is 0. The second-order valence-corrected chi connectivity index (χ2v) is 5.16. The Kier molecular flexibility index (Phi) is 5.48. The number of methoxy groups -OCH3 is 2. The molecule has 136 valence electrons. The number of aliphatic hydroxyl groups excluding tert-OH is 1. The Morgan fingerprint density at radius 3 is 2.52 bits per heavy atom. The molecule has 2 rings (SSSR count). The van der Waals surface area contributed by atoms with E-state index in [9.17, 15) is 27.5 Å². The van der Waals surface area contributed by atoms with E-state index in [4.69, 9.17) is 4.74 Å². The molecule has 0 aromatic heterocycles.